The summed E-state index contributed by atoms with van der Waals surface area (Å²) >= 11 is 6.50. The van der Waals surface area contributed by atoms with Crippen LogP contribution in [-0.2, 0) is 9.59 Å². The molecule has 0 saturated heterocycles. The molecule has 1 heterocycles. The van der Waals surface area contributed by atoms with Gasteiger partial charge in [-0.05, 0) is 42.2 Å². The summed E-state index contributed by atoms with van der Waals surface area (Å²) in [5, 5.41) is 4.09. The Morgan fingerprint density at radius 1 is 0.917 bits per heavy atom. The zero-order chi connectivity index (χ0) is 25.4. The maximum Gasteiger partial charge on any atom is 0.308 e. The molecular formula is C29H24ClNO5. The van der Waals surface area contributed by atoms with Crippen molar-refractivity contribution in [3.8, 4) is 11.5 Å². The molecule has 1 N–H and O–H groups in total. The number of ketones is 1. The minimum Gasteiger partial charge on any atom is -0.427 e. The van der Waals surface area contributed by atoms with Crippen molar-refractivity contribution < 1.29 is 23.9 Å². The normalized spacial score (nSPS) is 19.6. The first kappa shape index (κ1) is 23.8. The van der Waals surface area contributed by atoms with Crippen molar-refractivity contribution in [3.05, 3.63) is 100 Å². The molecule has 36 heavy (non-hydrogen) atoms. The largest absolute Gasteiger partial charge is 0.427 e. The molecule has 0 bridgehead atoms. The van der Waals surface area contributed by atoms with Gasteiger partial charge in [0.25, 0.3) is 0 Å². The number of hydrogen-bond acceptors (Lipinski definition) is 6. The van der Waals surface area contributed by atoms with E-state index in [-0.39, 0.29) is 29.4 Å². The first-order chi connectivity index (χ1) is 17.3. The predicted octanol–water partition coefficient (Wildman–Crippen LogP) is 6.25. The van der Waals surface area contributed by atoms with Gasteiger partial charge in [0.05, 0.1) is 6.04 Å². The zero-order valence-electron chi connectivity index (χ0n) is 19.8. The Morgan fingerprint density at radius 3 is 2.39 bits per heavy atom. The Kier molecular flexibility index (Phi) is 6.37. The van der Waals surface area contributed by atoms with Crippen molar-refractivity contribution in [2.24, 2.45) is 5.92 Å². The monoisotopic (exact) mass is 501 g/mol. The number of benzene rings is 3. The van der Waals surface area contributed by atoms with Crippen molar-refractivity contribution in [1.82, 2.24) is 0 Å². The second-order valence-electron chi connectivity index (χ2n) is 8.98. The van der Waals surface area contributed by atoms with Crippen molar-refractivity contribution in [1.29, 1.82) is 0 Å². The molecule has 3 aromatic carbocycles. The number of rotatable bonds is 5. The lowest BCUT2D eigenvalue weighted by Gasteiger charge is -2.39. The smallest absolute Gasteiger partial charge is 0.308 e. The molecule has 0 saturated carbocycles. The topological polar surface area (TPSA) is 81.7 Å². The SMILES string of the molecule is CC(=O)Oc1ccc([C@@H]2Nc3c(C(=O)c4ccccc4)cc(Cl)cc3[C@H]3C=CC[C@@H]32)c(OC(C)=O)c1. The maximum absolute atomic E-state index is 13.5. The Bertz CT molecular complexity index is 1400. The molecule has 0 aromatic heterocycles. The van der Waals surface area contributed by atoms with E-state index in [0.717, 1.165) is 17.5 Å². The fourth-order valence-electron chi connectivity index (χ4n) is 5.14. The predicted molar refractivity (Wildman–Crippen MR) is 137 cm³/mol. The van der Waals surface area contributed by atoms with Crippen LogP contribution >= 0.6 is 11.6 Å². The number of fused-ring (bicyclic) bond motifs is 3. The standard InChI is InChI=1S/C29H24ClNO5/c1-16(32)35-20-11-12-23(26(15-20)36-17(2)33)27-22-10-6-9-21(22)24-13-19(30)14-25(28(24)31-27)29(34)18-7-4-3-5-8-18/h3-9,11-15,21-22,27,31H,10H2,1-2H3/t21-,22-,27+/m0/s1. The highest BCUT2D eigenvalue weighted by Crippen LogP contribution is 2.53. The summed E-state index contributed by atoms with van der Waals surface area (Å²) in [7, 11) is 0. The van der Waals surface area contributed by atoms with Crippen LogP contribution in [-0.4, -0.2) is 17.7 Å². The van der Waals surface area contributed by atoms with Gasteiger partial charge >= 0.3 is 11.9 Å². The lowest BCUT2D eigenvalue weighted by molar-refractivity contribution is -0.132. The van der Waals surface area contributed by atoms with Crippen LogP contribution in [0.15, 0.2) is 72.8 Å². The van der Waals surface area contributed by atoms with Crippen LogP contribution < -0.4 is 14.8 Å². The number of carbonyl (C=O) groups is 3. The van der Waals surface area contributed by atoms with Gasteiger partial charge in [0.1, 0.15) is 11.5 Å². The van der Waals surface area contributed by atoms with Crippen molar-refractivity contribution >= 4 is 35.0 Å². The van der Waals surface area contributed by atoms with Crippen molar-refractivity contribution in [2.45, 2.75) is 32.2 Å². The average molecular weight is 502 g/mol. The number of ether oxygens (including phenoxy) is 2. The summed E-state index contributed by atoms with van der Waals surface area (Å²) in [6, 6.07) is 17.4. The summed E-state index contributed by atoms with van der Waals surface area (Å²) in [5.74, 6) is -0.381. The lowest BCUT2D eigenvalue weighted by atomic mass is 9.75. The fraction of sp³-hybridized carbons (Fsp3) is 0.207. The van der Waals surface area contributed by atoms with E-state index in [1.807, 2.05) is 24.3 Å². The van der Waals surface area contributed by atoms with Crippen LogP contribution in [0.5, 0.6) is 11.5 Å². The molecule has 6 nitrogen and oxygen atoms in total. The Hall–Kier alpha value is -3.90. The van der Waals surface area contributed by atoms with Gasteiger partial charge in [0, 0.05) is 53.2 Å². The first-order valence-corrected chi connectivity index (χ1v) is 12.1. The second-order valence-corrected chi connectivity index (χ2v) is 9.41. The molecular weight excluding hydrogens is 478 g/mol. The van der Waals surface area contributed by atoms with Crippen molar-refractivity contribution in [2.75, 3.05) is 5.32 Å². The van der Waals surface area contributed by atoms with E-state index in [1.165, 1.54) is 13.8 Å². The molecule has 7 heteroatoms. The van der Waals surface area contributed by atoms with E-state index in [4.69, 9.17) is 21.1 Å². The van der Waals surface area contributed by atoms with Gasteiger partial charge in [0.2, 0.25) is 0 Å². The molecule has 5 rings (SSSR count). The van der Waals surface area contributed by atoms with E-state index in [1.54, 1.807) is 36.4 Å². The number of esters is 2. The van der Waals surface area contributed by atoms with Gasteiger partial charge in [-0.3, -0.25) is 14.4 Å². The minimum atomic E-state index is -0.486. The number of carbonyl (C=O) groups excluding carboxylic acids is 3. The third-order valence-corrected chi connectivity index (χ3v) is 6.77. The van der Waals surface area contributed by atoms with Crippen LogP contribution in [0.25, 0.3) is 0 Å². The Morgan fingerprint density at radius 2 is 1.67 bits per heavy atom. The molecule has 0 spiro atoms. The average Bonchev–Trinajstić information content (AvgIpc) is 3.33. The summed E-state index contributed by atoms with van der Waals surface area (Å²) < 4.78 is 10.8. The minimum absolute atomic E-state index is 0.0191. The number of anilines is 1. The highest BCUT2D eigenvalue weighted by molar-refractivity contribution is 6.31. The van der Waals surface area contributed by atoms with E-state index >= 15 is 0 Å². The number of allylic oxidation sites excluding steroid dienone is 2. The number of halogens is 1. The molecule has 3 aromatic rings. The summed E-state index contributed by atoms with van der Waals surface area (Å²) in [4.78, 5) is 36.9. The summed E-state index contributed by atoms with van der Waals surface area (Å²) in [6.07, 6.45) is 5.06. The number of hydrogen-bond donors (Lipinski definition) is 1. The molecule has 2 aliphatic rings. The fourth-order valence-corrected chi connectivity index (χ4v) is 5.37. The highest BCUT2D eigenvalue weighted by atomic mass is 35.5. The zero-order valence-corrected chi connectivity index (χ0v) is 20.5. The van der Waals surface area contributed by atoms with Gasteiger partial charge in [-0.2, -0.15) is 0 Å². The van der Waals surface area contributed by atoms with E-state index in [0.29, 0.717) is 27.6 Å². The van der Waals surface area contributed by atoms with Crippen LogP contribution in [0.1, 0.15) is 59.3 Å². The molecule has 3 atom stereocenters. The van der Waals surface area contributed by atoms with Crippen LogP contribution in [0, 0.1) is 5.92 Å². The molecule has 0 fully saturated rings. The molecule has 0 amide bonds. The molecule has 1 aliphatic heterocycles. The van der Waals surface area contributed by atoms with Gasteiger partial charge in [-0.15, -0.1) is 0 Å². The van der Waals surface area contributed by atoms with Crippen LogP contribution in [0.3, 0.4) is 0 Å². The van der Waals surface area contributed by atoms with Crippen molar-refractivity contribution in [3.63, 3.8) is 0 Å². The van der Waals surface area contributed by atoms with E-state index in [9.17, 15) is 14.4 Å². The molecule has 0 radical (unpaired) electrons. The third-order valence-electron chi connectivity index (χ3n) is 6.55. The van der Waals surface area contributed by atoms with Gasteiger partial charge in [-0.1, -0.05) is 54.1 Å². The van der Waals surface area contributed by atoms with Gasteiger partial charge < -0.3 is 14.8 Å². The molecule has 182 valence electrons. The Balaban J connectivity index is 1.63. The molecule has 0 unspecified atom stereocenters. The van der Waals surface area contributed by atoms with Crippen LogP contribution in [0.2, 0.25) is 5.02 Å². The summed E-state index contributed by atoms with van der Waals surface area (Å²) in [6.45, 7) is 2.63. The number of nitrogens with one attached hydrogen (secondary N) is 1. The highest BCUT2D eigenvalue weighted by Gasteiger charge is 2.41. The molecule has 1 aliphatic carbocycles. The van der Waals surface area contributed by atoms with E-state index < -0.39 is 11.9 Å². The third kappa shape index (κ3) is 4.52. The summed E-state index contributed by atoms with van der Waals surface area (Å²) in [5.41, 5.74) is 3.46. The second kappa shape index (κ2) is 9.63. The van der Waals surface area contributed by atoms with Gasteiger partial charge in [-0.25, -0.2) is 0 Å². The first-order valence-electron chi connectivity index (χ1n) is 11.7. The van der Waals surface area contributed by atoms with Crippen LogP contribution in [0.4, 0.5) is 5.69 Å². The Labute approximate surface area is 213 Å². The maximum atomic E-state index is 13.5. The quantitative estimate of drug-likeness (QED) is 0.193. The lowest BCUT2D eigenvalue weighted by Crippen LogP contribution is -2.31. The van der Waals surface area contributed by atoms with E-state index in [2.05, 4.69) is 17.5 Å². The van der Waals surface area contributed by atoms with Gasteiger partial charge in [0.15, 0.2) is 5.78 Å².